The minimum absolute atomic E-state index is 0.00455. The third kappa shape index (κ3) is 4.24. The summed E-state index contributed by atoms with van der Waals surface area (Å²) in [4.78, 5) is 26.9. The van der Waals surface area contributed by atoms with Gasteiger partial charge in [-0.1, -0.05) is 11.6 Å². The number of ether oxygens (including phenoxy) is 3. The summed E-state index contributed by atoms with van der Waals surface area (Å²) in [6, 6.07) is 9.98. The highest BCUT2D eigenvalue weighted by atomic mass is 35.5. The van der Waals surface area contributed by atoms with E-state index in [-0.39, 0.29) is 10.7 Å². The van der Waals surface area contributed by atoms with Crippen LogP contribution in [0.25, 0.3) is 6.08 Å². The summed E-state index contributed by atoms with van der Waals surface area (Å²) in [5.41, 5.74) is 0.910. The van der Waals surface area contributed by atoms with Crippen LogP contribution in [0.3, 0.4) is 0 Å². The molecule has 0 spiro atoms. The molecule has 1 aliphatic rings. The van der Waals surface area contributed by atoms with Crippen molar-refractivity contribution in [2.75, 3.05) is 25.7 Å². The smallest absolute Gasteiger partial charge is 0.270 e. The van der Waals surface area contributed by atoms with Gasteiger partial charge in [0.15, 0.2) is 16.6 Å². The maximum Gasteiger partial charge on any atom is 0.270 e. The summed E-state index contributed by atoms with van der Waals surface area (Å²) < 4.78 is 16.0. The molecule has 1 N–H and O–H groups in total. The van der Waals surface area contributed by atoms with Gasteiger partial charge in [0.25, 0.3) is 11.8 Å². The summed E-state index contributed by atoms with van der Waals surface area (Å²) >= 11 is 11.5. The fraction of sp³-hybridized carbons (Fsp3) is 0.190. The monoisotopic (exact) mass is 446 g/mol. The van der Waals surface area contributed by atoms with E-state index in [1.165, 1.54) is 18.1 Å². The van der Waals surface area contributed by atoms with Gasteiger partial charge < -0.3 is 14.2 Å². The quantitative estimate of drug-likeness (QED) is 0.415. The molecule has 2 aromatic rings. The molecule has 3 rings (SSSR count). The van der Waals surface area contributed by atoms with Gasteiger partial charge in [-0.15, -0.1) is 0 Å². The second-order valence-electron chi connectivity index (χ2n) is 6.12. The lowest BCUT2D eigenvalue weighted by molar-refractivity contribution is -0.122. The standard InChI is InChI=1S/C21H19ClN2O5S/c1-4-29-17-11-12(10-16(22)18(17)28-3)9-15-19(25)23-21(30)24(20(15)26)13-5-7-14(27-2)8-6-13/h5-11H,4H2,1-3H3,(H,23,25,30)/b15-9+. The zero-order valence-electron chi connectivity index (χ0n) is 16.5. The zero-order valence-corrected chi connectivity index (χ0v) is 18.1. The Morgan fingerprint density at radius 2 is 1.83 bits per heavy atom. The lowest BCUT2D eigenvalue weighted by atomic mass is 10.1. The fourth-order valence-corrected chi connectivity index (χ4v) is 3.50. The molecule has 1 aliphatic heterocycles. The van der Waals surface area contributed by atoms with E-state index in [2.05, 4.69) is 5.32 Å². The number of hydrogen-bond donors (Lipinski definition) is 1. The Labute approximate surface area is 184 Å². The van der Waals surface area contributed by atoms with Crippen LogP contribution in [0.15, 0.2) is 42.0 Å². The van der Waals surface area contributed by atoms with Crippen LogP contribution in [0.4, 0.5) is 5.69 Å². The van der Waals surface area contributed by atoms with E-state index in [0.29, 0.717) is 40.1 Å². The average molecular weight is 447 g/mol. The molecule has 0 bridgehead atoms. The van der Waals surface area contributed by atoms with Crippen LogP contribution in [0, 0.1) is 0 Å². The number of carbonyl (C=O) groups is 2. The molecule has 156 valence electrons. The summed E-state index contributed by atoms with van der Waals surface area (Å²) in [6.07, 6.45) is 1.43. The summed E-state index contributed by atoms with van der Waals surface area (Å²) in [6.45, 7) is 2.22. The summed E-state index contributed by atoms with van der Waals surface area (Å²) in [7, 11) is 3.02. The van der Waals surface area contributed by atoms with Crippen molar-refractivity contribution in [3.05, 3.63) is 52.6 Å². The Morgan fingerprint density at radius 1 is 1.13 bits per heavy atom. The number of methoxy groups -OCH3 is 2. The molecule has 1 saturated heterocycles. The Morgan fingerprint density at radius 3 is 2.43 bits per heavy atom. The van der Waals surface area contributed by atoms with E-state index in [0.717, 1.165) is 0 Å². The molecule has 9 heteroatoms. The third-order valence-corrected chi connectivity index (χ3v) is 4.84. The van der Waals surface area contributed by atoms with Crippen LogP contribution in [0.1, 0.15) is 12.5 Å². The van der Waals surface area contributed by atoms with Crippen LogP contribution in [-0.2, 0) is 9.59 Å². The molecule has 0 radical (unpaired) electrons. The molecule has 1 heterocycles. The van der Waals surface area contributed by atoms with Gasteiger partial charge in [-0.3, -0.25) is 19.8 Å². The van der Waals surface area contributed by atoms with Crippen molar-refractivity contribution in [2.45, 2.75) is 6.92 Å². The van der Waals surface area contributed by atoms with Crippen LogP contribution in [0.2, 0.25) is 5.02 Å². The molecule has 1 fully saturated rings. The molecule has 2 amide bonds. The first-order chi connectivity index (χ1) is 14.4. The molecule has 0 aliphatic carbocycles. The van der Waals surface area contributed by atoms with E-state index < -0.39 is 11.8 Å². The SMILES string of the molecule is CCOc1cc(/C=C2\C(=O)NC(=S)N(c3ccc(OC)cc3)C2=O)cc(Cl)c1OC. The first kappa shape index (κ1) is 21.6. The highest BCUT2D eigenvalue weighted by molar-refractivity contribution is 7.80. The number of benzene rings is 2. The Hall–Kier alpha value is -3.10. The van der Waals surface area contributed by atoms with Gasteiger partial charge in [0, 0.05) is 0 Å². The summed E-state index contributed by atoms with van der Waals surface area (Å²) in [5, 5.41) is 2.83. The van der Waals surface area contributed by atoms with E-state index in [1.807, 2.05) is 6.92 Å². The molecule has 30 heavy (non-hydrogen) atoms. The number of rotatable bonds is 6. The van der Waals surface area contributed by atoms with E-state index in [9.17, 15) is 9.59 Å². The lowest BCUT2D eigenvalue weighted by Gasteiger charge is -2.29. The van der Waals surface area contributed by atoms with Crippen LogP contribution >= 0.6 is 23.8 Å². The second kappa shape index (κ2) is 9.15. The van der Waals surface area contributed by atoms with Gasteiger partial charge in [-0.25, -0.2) is 0 Å². The maximum absolute atomic E-state index is 13.1. The Balaban J connectivity index is 2.02. The van der Waals surface area contributed by atoms with Gasteiger partial charge >= 0.3 is 0 Å². The Bertz CT molecular complexity index is 1040. The first-order valence-electron chi connectivity index (χ1n) is 8.95. The number of anilines is 1. The third-order valence-electron chi connectivity index (χ3n) is 4.28. The van der Waals surface area contributed by atoms with E-state index >= 15 is 0 Å². The topological polar surface area (TPSA) is 77.1 Å². The molecule has 2 aromatic carbocycles. The van der Waals surface area contributed by atoms with E-state index in [1.54, 1.807) is 43.5 Å². The number of nitrogens with one attached hydrogen (secondary N) is 1. The van der Waals surface area contributed by atoms with Gasteiger partial charge in [-0.05, 0) is 67.2 Å². The molecular formula is C21H19ClN2O5S. The predicted molar refractivity (Wildman–Crippen MR) is 118 cm³/mol. The van der Waals surface area contributed by atoms with Crippen molar-refractivity contribution >= 4 is 52.5 Å². The molecule has 0 atom stereocenters. The number of carbonyl (C=O) groups excluding carboxylic acids is 2. The van der Waals surface area contributed by atoms with Gasteiger partial charge in [-0.2, -0.15) is 0 Å². The van der Waals surface area contributed by atoms with Crippen molar-refractivity contribution in [2.24, 2.45) is 0 Å². The van der Waals surface area contributed by atoms with Crippen molar-refractivity contribution in [1.82, 2.24) is 5.32 Å². The maximum atomic E-state index is 13.1. The van der Waals surface area contributed by atoms with Crippen molar-refractivity contribution < 1.29 is 23.8 Å². The first-order valence-corrected chi connectivity index (χ1v) is 9.74. The molecular weight excluding hydrogens is 428 g/mol. The number of amides is 2. The molecule has 7 nitrogen and oxygen atoms in total. The van der Waals surface area contributed by atoms with Gasteiger partial charge in [0.05, 0.1) is 31.5 Å². The minimum Gasteiger partial charge on any atom is -0.497 e. The van der Waals surface area contributed by atoms with Gasteiger partial charge in [0.1, 0.15) is 11.3 Å². The van der Waals surface area contributed by atoms with Crippen molar-refractivity contribution in [3.8, 4) is 17.2 Å². The number of hydrogen-bond acceptors (Lipinski definition) is 6. The largest absolute Gasteiger partial charge is 0.497 e. The Kier molecular flexibility index (Phi) is 6.59. The fourth-order valence-electron chi connectivity index (χ4n) is 2.92. The highest BCUT2D eigenvalue weighted by Gasteiger charge is 2.34. The number of halogens is 1. The normalized spacial score (nSPS) is 15.3. The number of nitrogens with zero attached hydrogens (tertiary/aromatic N) is 1. The number of thiocarbonyl (C=S) groups is 1. The molecule has 0 saturated carbocycles. The van der Waals surface area contributed by atoms with Crippen LogP contribution < -0.4 is 24.4 Å². The predicted octanol–water partition coefficient (Wildman–Crippen LogP) is 3.59. The lowest BCUT2D eigenvalue weighted by Crippen LogP contribution is -2.54. The molecule has 0 aromatic heterocycles. The highest BCUT2D eigenvalue weighted by Crippen LogP contribution is 2.37. The van der Waals surface area contributed by atoms with E-state index in [4.69, 9.17) is 38.0 Å². The van der Waals surface area contributed by atoms with Gasteiger partial charge in [0.2, 0.25) is 0 Å². The van der Waals surface area contributed by atoms with Crippen molar-refractivity contribution in [3.63, 3.8) is 0 Å². The van der Waals surface area contributed by atoms with Crippen LogP contribution in [0.5, 0.6) is 17.2 Å². The zero-order chi connectivity index (χ0) is 21.8. The van der Waals surface area contributed by atoms with Crippen molar-refractivity contribution in [1.29, 1.82) is 0 Å². The molecule has 0 unspecified atom stereocenters. The average Bonchev–Trinajstić information content (AvgIpc) is 2.71. The summed E-state index contributed by atoms with van der Waals surface area (Å²) in [5.74, 6) is 0.260. The second-order valence-corrected chi connectivity index (χ2v) is 6.92. The van der Waals surface area contributed by atoms with Crippen LogP contribution in [-0.4, -0.2) is 37.8 Å². The minimum atomic E-state index is -0.598.